The number of carbonyl (C=O) groups is 1. The van der Waals surface area contributed by atoms with Crippen LogP contribution in [0.15, 0.2) is 17.1 Å². The lowest BCUT2D eigenvalue weighted by molar-refractivity contribution is -0.149. The minimum absolute atomic E-state index is 0.0112. The summed E-state index contributed by atoms with van der Waals surface area (Å²) in [5, 5.41) is 2.18. The van der Waals surface area contributed by atoms with E-state index in [2.05, 4.69) is 22.4 Å². The minimum atomic E-state index is -0.615. The zero-order chi connectivity index (χ0) is 15.9. The molecule has 1 saturated carbocycles. The van der Waals surface area contributed by atoms with E-state index < -0.39 is 5.82 Å². The Hall–Kier alpha value is -1.49. The van der Waals surface area contributed by atoms with E-state index in [0.29, 0.717) is 0 Å². The molecule has 0 aromatic heterocycles. The van der Waals surface area contributed by atoms with Crippen molar-refractivity contribution in [2.75, 3.05) is 6.61 Å². The molecule has 0 saturated heterocycles. The Kier molecular flexibility index (Phi) is 6.31. The number of nitrogens with zero attached hydrogens (tertiary/aromatic N) is 1. The molecule has 1 aromatic carbocycles. The summed E-state index contributed by atoms with van der Waals surface area (Å²) in [5.74, 6) is -0.682. The number of isothiocyanates is 1. The Balaban J connectivity index is 1.86. The zero-order valence-corrected chi connectivity index (χ0v) is 13.4. The normalized spacial score (nSPS) is 14.5. The molecule has 118 valence electrons. The molecule has 7 heteroatoms. The summed E-state index contributed by atoms with van der Waals surface area (Å²) in [6, 6.07) is 2.40. The van der Waals surface area contributed by atoms with Crippen LogP contribution in [0.3, 0.4) is 0 Å². The van der Waals surface area contributed by atoms with E-state index in [1.807, 2.05) is 0 Å². The fraction of sp³-hybridized carbons (Fsp3) is 0.467. The highest BCUT2D eigenvalue weighted by Gasteiger charge is 2.19. The third-order valence-corrected chi connectivity index (χ3v) is 3.72. The van der Waals surface area contributed by atoms with Gasteiger partial charge >= 0.3 is 5.97 Å². The highest BCUT2D eigenvalue weighted by Crippen LogP contribution is 2.32. The summed E-state index contributed by atoms with van der Waals surface area (Å²) in [7, 11) is 0. The van der Waals surface area contributed by atoms with Gasteiger partial charge in [0.2, 0.25) is 0 Å². The predicted octanol–water partition coefficient (Wildman–Crippen LogP) is 4.47. The van der Waals surface area contributed by atoms with Crippen molar-refractivity contribution in [3.8, 4) is 5.75 Å². The van der Waals surface area contributed by atoms with Gasteiger partial charge in [0, 0.05) is 6.07 Å². The Morgan fingerprint density at radius 3 is 2.86 bits per heavy atom. The molecule has 1 fully saturated rings. The Bertz CT molecular complexity index is 599. The van der Waals surface area contributed by atoms with Crippen LogP contribution in [0.5, 0.6) is 5.75 Å². The van der Waals surface area contributed by atoms with Crippen molar-refractivity contribution in [3.05, 3.63) is 23.0 Å². The average molecular weight is 344 g/mol. The molecule has 0 bridgehead atoms. The van der Waals surface area contributed by atoms with Crippen molar-refractivity contribution >= 4 is 40.6 Å². The molecule has 0 radical (unpaired) electrons. The summed E-state index contributed by atoms with van der Waals surface area (Å²) < 4.78 is 24.2. The summed E-state index contributed by atoms with van der Waals surface area (Å²) in [6.07, 6.45) is 4.19. The fourth-order valence-electron chi connectivity index (χ4n) is 2.26. The lowest BCUT2D eigenvalue weighted by Gasteiger charge is -2.12. The number of esters is 1. The van der Waals surface area contributed by atoms with Crippen molar-refractivity contribution < 1.29 is 18.7 Å². The number of rotatable bonds is 6. The number of hydrogen-bond donors (Lipinski definition) is 0. The van der Waals surface area contributed by atoms with Gasteiger partial charge in [-0.1, -0.05) is 11.6 Å². The molecular formula is C15H15ClFNO3S. The van der Waals surface area contributed by atoms with Gasteiger partial charge in [-0.3, -0.25) is 4.79 Å². The van der Waals surface area contributed by atoms with Gasteiger partial charge in [-0.2, -0.15) is 4.99 Å². The number of aliphatic imine (C=N–C) groups is 1. The van der Waals surface area contributed by atoms with Gasteiger partial charge in [0.25, 0.3) is 0 Å². The van der Waals surface area contributed by atoms with Crippen LogP contribution in [0.1, 0.15) is 32.1 Å². The van der Waals surface area contributed by atoms with Crippen LogP contribution in [-0.2, 0) is 9.53 Å². The maximum atomic E-state index is 13.5. The third kappa shape index (κ3) is 4.77. The quantitative estimate of drug-likeness (QED) is 0.434. The van der Waals surface area contributed by atoms with Crippen LogP contribution in [0, 0.1) is 5.82 Å². The second-order valence-corrected chi connectivity index (χ2v) is 5.52. The first-order valence-electron chi connectivity index (χ1n) is 6.99. The Labute approximate surface area is 138 Å². The predicted molar refractivity (Wildman–Crippen MR) is 84.6 cm³/mol. The maximum absolute atomic E-state index is 13.5. The number of carbonyl (C=O) groups excluding carboxylic acids is 1. The first-order valence-corrected chi connectivity index (χ1v) is 7.78. The molecule has 0 amide bonds. The van der Waals surface area contributed by atoms with Crippen molar-refractivity contribution in [1.82, 2.24) is 0 Å². The van der Waals surface area contributed by atoms with E-state index in [1.165, 1.54) is 6.07 Å². The third-order valence-electron chi connectivity index (χ3n) is 3.33. The topological polar surface area (TPSA) is 47.9 Å². The lowest BCUT2D eigenvalue weighted by atomic mass is 10.3. The van der Waals surface area contributed by atoms with Crippen LogP contribution in [0.4, 0.5) is 10.1 Å². The molecule has 4 nitrogen and oxygen atoms in total. The molecule has 0 spiro atoms. The van der Waals surface area contributed by atoms with E-state index in [-0.39, 0.29) is 41.6 Å². The minimum Gasteiger partial charge on any atom is -0.491 e. The monoisotopic (exact) mass is 343 g/mol. The summed E-state index contributed by atoms with van der Waals surface area (Å²) in [5.41, 5.74) is -0.0112. The highest BCUT2D eigenvalue weighted by atomic mass is 35.5. The molecule has 0 atom stereocenters. The van der Waals surface area contributed by atoms with Crippen LogP contribution in [-0.4, -0.2) is 23.8 Å². The summed E-state index contributed by atoms with van der Waals surface area (Å²) >= 11 is 10.3. The molecule has 22 heavy (non-hydrogen) atoms. The molecular weight excluding hydrogens is 329 g/mol. The van der Waals surface area contributed by atoms with Crippen molar-refractivity contribution in [2.45, 2.75) is 38.2 Å². The SMILES string of the molecule is O=C(CCOc1cc(N=C=S)c(F)cc1Cl)OC1CCCC1. The molecule has 0 unspecified atom stereocenters. The zero-order valence-electron chi connectivity index (χ0n) is 11.8. The standard InChI is InChI=1S/C15H15ClFNO3S/c16-11-7-12(17)13(18-9-22)8-14(11)20-6-5-15(19)21-10-3-1-2-4-10/h7-8,10H,1-6H2. The Morgan fingerprint density at radius 2 is 2.18 bits per heavy atom. The average Bonchev–Trinajstić information content (AvgIpc) is 2.96. The Morgan fingerprint density at radius 1 is 1.45 bits per heavy atom. The van der Waals surface area contributed by atoms with Crippen molar-refractivity contribution in [2.24, 2.45) is 4.99 Å². The molecule has 0 heterocycles. The number of halogens is 2. The van der Waals surface area contributed by atoms with Gasteiger partial charge < -0.3 is 9.47 Å². The number of benzene rings is 1. The smallest absolute Gasteiger partial charge is 0.309 e. The molecule has 1 aliphatic carbocycles. The van der Waals surface area contributed by atoms with Crippen LogP contribution >= 0.6 is 23.8 Å². The number of thiocarbonyl (C=S) groups is 1. The van der Waals surface area contributed by atoms with Gasteiger partial charge in [-0.25, -0.2) is 4.39 Å². The van der Waals surface area contributed by atoms with Crippen molar-refractivity contribution in [1.29, 1.82) is 0 Å². The highest BCUT2D eigenvalue weighted by molar-refractivity contribution is 7.78. The van der Waals surface area contributed by atoms with Crippen LogP contribution in [0.2, 0.25) is 5.02 Å². The van der Waals surface area contributed by atoms with E-state index in [1.54, 1.807) is 0 Å². The molecule has 1 aromatic rings. The van der Waals surface area contributed by atoms with Gasteiger partial charge in [-0.05, 0) is 44.0 Å². The first-order chi connectivity index (χ1) is 10.6. The van der Waals surface area contributed by atoms with E-state index >= 15 is 0 Å². The second-order valence-electron chi connectivity index (χ2n) is 4.93. The maximum Gasteiger partial charge on any atom is 0.309 e. The molecule has 1 aliphatic rings. The van der Waals surface area contributed by atoms with Gasteiger partial charge in [0.1, 0.15) is 17.5 Å². The number of hydrogen-bond acceptors (Lipinski definition) is 5. The van der Waals surface area contributed by atoms with Gasteiger partial charge in [0.15, 0.2) is 5.82 Å². The van der Waals surface area contributed by atoms with E-state index in [9.17, 15) is 9.18 Å². The molecule has 2 rings (SSSR count). The molecule has 0 aliphatic heterocycles. The second kappa shape index (κ2) is 8.22. The van der Waals surface area contributed by atoms with Crippen LogP contribution < -0.4 is 4.74 Å². The van der Waals surface area contributed by atoms with Gasteiger partial charge in [0.05, 0.1) is 23.2 Å². The largest absolute Gasteiger partial charge is 0.491 e. The van der Waals surface area contributed by atoms with Crippen LogP contribution in [0.25, 0.3) is 0 Å². The van der Waals surface area contributed by atoms with E-state index in [0.717, 1.165) is 31.7 Å². The first kappa shape index (κ1) is 16.9. The van der Waals surface area contributed by atoms with Crippen molar-refractivity contribution in [3.63, 3.8) is 0 Å². The van der Waals surface area contributed by atoms with Gasteiger partial charge in [-0.15, -0.1) is 0 Å². The fourth-order valence-corrected chi connectivity index (χ4v) is 2.56. The summed E-state index contributed by atoms with van der Waals surface area (Å²) in [6.45, 7) is 0.0949. The summed E-state index contributed by atoms with van der Waals surface area (Å²) in [4.78, 5) is 15.2. The lowest BCUT2D eigenvalue weighted by Crippen LogP contribution is -2.16. The van der Waals surface area contributed by atoms with E-state index in [4.69, 9.17) is 21.1 Å². The molecule has 0 N–H and O–H groups in total. The number of ether oxygens (including phenoxy) is 2.